The average molecular weight is 762 g/mol. The number of benzene rings is 3. The second-order valence-electron chi connectivity index (χ2n) is 8.58. The van der Waals surface area contributed by atoms with Crippen LogP contribution in [0, 0.1) is 7.14 Å². The average Bonchev–Trinajstić information content (AvgIpc) is 3.25. The molecule has 39 heavy (non-hydrogen) atoms. The van der Waals surface area contributed by atoms with Crippen LogP contribution in [-0.2, 0) is 9.53 Å². The predicted octanol–water partition coefficient (Wildman–Crippen LogP) is 5.54. The highest BCUT2D eigenvalue weighted by Gasteiger charge is 2.35. The molecule has 3 aromatic carbocycles. The van der Waals surface area contributed by atoms with E-state index in [1.54, 1.807) is 11.5 Å². The maximum Gasteiger partial charge on any atom is 0.338 e. The highest BCUT2D eigenvalue weighted by molar-refractivity contribution is 14.1. The molecular weight excluding hydrogens is 738 g/mol. The molecule has 0 spiro atoms. The van der Waals surface area contributed by atoms with Gasteiger partial charge in [-0.25, -0.2) is 9.79 Å². The van der Waals surface area contributed by atoms with Crippen LogP contribution in [0.5, 0.6) is 5.75 Å². The number of nitrogens with zero attached hydrogens (tertiary/aromatic N) is 2. The lowest BCUT2D eigenvalue weighted by Gasteiger charge is -2.25. The van der Waals surface area contributed by atoms with Crippen molar-refractivity contribution in [2.75, 3.05) is 13.2 Å². The van der Waals surface area contributed by atoms with Crippen molar-refractivity contribution in [3.05, 3.63) is 122 Å². The van der Waals surface area contributed by atoms with Crippen molar-refractivity contribution in [3.63, 3.8) is 0 Å². The topological polar surface area (TPSA) is 69.9 Å². The van der Waals surface area contributed by atoms with Crippen molar-refractivity contribution in [1.29, 1.82) is 0 Å². The first-order valence-electron chi connectivity index (χ1n) is 12.4. The number of hydrogen-bond acceptors (Lipinski definition) is 6. The molecule has 0 N–H and O–H groups in total. The monoisotopic (exact) mass is 762 g/mol. The molecule has 0 fully saturated rings. The molecule has 0 saturated carbocycles. The van der Waals surface area contributed by atoms with Gasteiger partial charge in [0.25, 0.3) is 5.56 Å². The van der Waals surface area contributed by atoms with Crippen molar-refractivity contribution < 1.29 is 14.3 Å². The number of carbonyl (C=O) groups excluding carboxylic acids is 1. The van der Waals surface area contributed by atoms with E-state index >= 15 is 0 Å². The van der Waals surface area contributed by atoms with E-state index in [0.717, 1.165) is 29.6 Å². The van der Waals surface area contributed by atoms with E-state index < -0.39 is 12.0 Å². The Kier molecular flexibility index (Phi) is 8.67. The molecule has 0 amide bonds. The Morgan fingerprint density at radius 1 is 1.03 bits per heavy atom. The molecule has 1 atom stereocenters. The zero-order valence-corrected chi connectivity index (χ0v) is 26.3. The van der Waals surface area contributed by atoms with E-state index in [4.69, 9.17) is 14.5 Å². The van der Waals surface area contributed by atoms with E-state index in [0.29, 0.717) is 27.2 Å². The molecule has 2 heterocycles. The highest BCUT2D eigenvalue weighted by atomic mass is 127. The molecular formula is C30H24I2N2O4S. The normalized spacial score (nSPS) is 15.1. The third kappa shape index (κ3) is 5.62. The van der Waals surface area contributed by atoms with Crippen molar-refractivity contribution in [1.82, 2.24) is 4.57 Å². The summed E-state index contributed by atoms with van der Waals surface area (Å²) in [6.07, 6.45) is 1.86. The zero-order valence-electron chi connectivity index (χ0n) is 21.2. The zero-order chi connectivity index (χ0) is 27.5. The quantitative estimate of drug-likeness (QED) is 0.183. The molecule has 0 saturated heterocycles. The molecule has 4 aromatic rings. The second-order valence-corrected chi connectivity index (χ2v) is 12.0. The minimum absolute atomic E-state index is 0.210. The summed E-state index contributed by atoms with van der Waals surface area (Å²) in [5, 5.41) is 0. The number of thiazole rings is 1. The molecule has 1 aromatic heterocycles. The number of carbonyl (C=O) groups is 1. The Balaban J connectivity index is 1.83. The van der Waals surface area contributed by atoms with Crippen molar-refractivity contribution in [2.45, 2.75) is 19.9 Å². The molecule has 0 unspecified atom stereocenters. The standard InChI is InChI=1S/C30H24I2N2O4S/c1-3-37-27-20(15-21(31)17-22(27)32)16-23-28(35)34-26(19-13-9-6-10-14-19)24(29(36)38-4-2)25(33-30(34)39-23)18-11-7-5-8-12-18/h5-17,26H,3-4H2,1-2H3/b23-16-/t26-/m0/s1. The molecule has 5 rings (SSSR count). The van der Waals surface area contributed by atoms with Gasteiger partial charge in [-0.15, -0.1) is 0 Å². The molecule has 1 aliphatic heterocycles. The number of fused-ring (bicyclic) bond motifs is 1. The van der Waals surface area contributed by atoms with Gasteiger partial charge in [0, 0.05) is 14.7 Å². The minimum Gasteiger partial charge on any atom is -0.492 e. The van der Waals surface area contributed by atoms with Crippen LogP contribution < -0.4 is 19.6 Å². The smallest absolute Gasteiger partial charge is 0.338 e. The third-order valence-corrected chi connectivity index (χ3v) is 8.51. The van der Waals surface area contributed by atoms with Gasteiger partial charge in [-0.2, -0.15) is 0 Å². The first kappa shape index (κ1) is 27.8. The van der Waals surface area contributed by atoms with Crippen LogP contribution >= 0.6 is 56.5 Å². The maximum absolute atomic E-state index is 14.1. The van der Waals surface area contributed by atoms with Gasteiger partial charge < -0.3 is 9.47 Å². The number of aromatic nitrogens is 1. The number of hydrogen-bond donors (Lipinski definition) is 0. The van der Waals surface area contributed by atoms with Gasteiger partial charge in [-0.3, -0.25) is 9.36 Å². The van der Waals surface area contributed by atoms with Gasteiger partial charge in [0.15, 0.2) is 4.80 Å². The highest BCUT2D eigenvalue weighted by Crippen LogP contribution is 2.35. The van der Waals surface area contributed by atoms with Crippen LogP contribution in [0.15, 0.2) is 88.2 Å². The van der Waals surface area contributed by atoms with E-state index in [2.05, 4.69) is 45.2 Å². The summed E-state index contributed by atoms with van der Waals surface area (Å²) < 4.78 is 15.6. The molecule has 198 valence electrons. The summed E-state index contributed by atoms with van der Waals surface area (Å²) in [5.41, 5.74) is 3.03. The fourth-order valence-electron chi connectivity index (χ4n) is 4.52. The van der Waals surface area contributed by atoms with Gasteiger partial charge in [0.1, 0.15) is 5.75 Å². The van der Waals surface area contributed by atoms with Crippen molar-refractivity contribution in [2.24, 2.45) is 4.99 Å². The fraction of sp³-hybridized carbons (Fsp3) is 0.167. The predicted molar refractivity (Wildman–Crippen MR) is 171 cm³/mol. The number of esters is 1. The van der Waals surface area contributed by atoms with Crippen molar-refractivity contribution >= 4 is 74.3 Å². The van der Waals surface area contributed by atoms with Gasteiger partial charge >= 0.3 is 5.97 Å². The Bertz CT molecular complexity index is 1750. The molecule has 1 aliphatic rings. The Labute approximate surface area is 257 Å². The fourth-order valence-corrected chi connectivity index (χ4v) is 7.55. The Morgan fingerprint density at radius 2 is 1.72 bits per heavy atom. The largest absolute Gasteiger partial charge is 0.492 e. The van der Waals surface area contributed by atoms with Crippen LogP contribution in [-0.4, -0.2) is 23.8 Å². The van der Waals surface area contributed by atoms with Crippen LogP contribution in [0.4, 0.5) is 0 Å². The summed E-state index contributed by atoms with van der Waals surface area (Å²) in [6.45, 7) is 4.43. The van der Waals surface area contributed by atoms with E-state index in [9.17, 15) is 9.59 Å². The van der Waals surface area contributed by atoms with Crippen molar-refractivity contribution in [3.8, 4) is 5.75 Å². The van der Waals surface area contributed by atoms with E-state index in [-0.39, 0.29) is 12.2 Å². The summed E-state index contributed by atoms with van der Waals surface area (Å²) in [5.74, 6) is 0.246. The molecule has 6 nitrogen and oxygen atoms in total. The first-order chi connectivity index (χ1) is 18.9. The van der Waals surface area contributed by atoms with Gasteiger partial charge in [-0.1, -0.05) is 72.0 Å². The minimum atomic E-state index is -0.693. The summed E-state index contributed by atoms with van der Waals surface area (Å²) >= 11 is 5.82. The van der Waals surface area contributed by atoms with E-state index in [1.165, 1.54) is 11.3 Å². The van der Waals surface area contributed by atoms with Crippen LogP contribution in [0.2, 0.25) is 0 Å². The van der Waals surface area contributed by atoms with Gasteiger partial charge in [0.05, 0.1) is 38.6 Å². The number of halogens is 2. The van der Waals surface area contributed by atoms with Gasteiger partial charge in [0.2, 0.25) is 0 Å². The molecule has 0 radical (unpaired) electrons. The Hall–Kier alpha value is -2.77. The second kappa shape index (κ2) is 12.2. The summed E-state index contributed by atoms with van der Waals surface area (Å²) in [6, 6.07) is 22.5. The van der Waals surface area contributed by atoms with Crippen LogP contribution in [0.1, 0.15) is 36.6 Å². The number of rotatable bonds is 7. The molecule has 0 aliphatic carbocycles. The van der Waals surface area contributed by atoms with Crippen LogP contribution in [0.3, 0.4) is 0 Å². The Morgan fingerprint density at radius 3 is 2.38 bits per heavy atom. The SMILES string of the molecule is CCOC(=O)C1=C(c2ccccc2)N=c2s/c(=C\c3cc(I)cc(I)c3OCC)c(=O)n2[C@H]1c1ccccc1. The molecule has 9 heteroatoms. The maximum atomic E-state index is 14.1. The van der Waals surface area contributed by atoms with E-state index in [1.807, 2.05) is 85.8 Å². The number of ether oxygens (including phenoxy) is 2. The first-order valence-corrected chi connectivity index (χ1v) is 15.4. The third-order valence-electron chi connectivity index (χ3n) is 6.10. The lowest BCUT2D eigenvalue weighted by Crippen LogP contribution is -2.40. The van der Waals surface area contributed by atoms with Gasteiger partial charge in [-0.05, 0) is 82.8 Å². The molecule has 0 bridgehead atoms. The lowest BCUT2D eigenvalue weighted by molar-refractivity contribution is -0.138. The summed E-state index contributed by atoms with van der Waals surface area (Å²) in [4.78, 5) is 33.0. The summed E-state index contributed by atoms with van der Waals surface area (Å²) in [7, 11) is 0. The lowest BCUT2D eigenvalue weighted by atomic mass is 9.93. The van der Waals surface area contributed by atoms with Crippen LogP contribution in [0.25, 0.3) is 11.8 Å².